The number of urea groups is 1. The van der Waals surface area contributed by atoms with Crippen LogP contribution in [0.25, 0.3) is 5.65 Å². The molecule has 7 nitrogen and oxygen atoms in total. The third kappa shape index (κ3) is 3.26. The molecule has 0 bridgehead atoms. The van der Waals surface area contributed by atoms with E-state index in [0.717, 1.165) is 18.7 Å². The summed E-state index contributed by atoms with van der Waals surface area (Å²) in [5.41, 5.74) is 1.89. The Bertz CT molecular complexity index is 917. The monoisotopic (exact) mass is 337 g/mol. The van der Waals surface area contributed by atoms with Crippen LogP contribution in [-0.4, -0.2) is 27.2 Å². The Hall–Kier alpha value is -3.09. The van der Waals surface area contributed by atoms with Gasteiger partial charge in [0.2, 0.25) is 0 Å². The van der Waals surface area contributed by atoms with Crippen LogP contribution in [0.4, 0.5) is 16.2 Å². The van der Waals surface area contributed by atoms with Gasteiger partial charge in [-0.15, -0.1) is 0 Å². The smallest absolute Gasteiger partial charge is 0.323 e. The number of hydrogen-bond donors (Lipinski definition) is 2. The number of para-hydroxylation sites is 2. The fraction of sp³-hybridized carbons (Fsp3) is 0.278. The fourth-order valence-electron chi connectivity index (χ4n) is 2.66. The fourth-order valence-corrected chi connectivity index (χ4v) is 2.66. The molecular weight excluding hydrogens is 318 g/mol. The number of hydrogen-bond acceptors (Lipinski definition) is 4. The molecule has 4 rings (SSSR count). The predicted octanol–water partition coefficient (Wildman–Crippen LogP) is 3.65. The van der Waals surface area contributed by atoms with E-state index in [-0.39, 0.29) is 6.03 Å². The Morgan fingerprint density at radius 1 is 1.20 bits per heavy atom. The zero-order valence-electron chi connectivity index (χ0n) is 13.9. The molecule has 0 spiro atoms. The van der Waals surface area contributed by atoms with Crippen molar-refractivity contribution in [2.75, 3.05) is 17.2 Å². The largest absolute Gasteiger partial charge is 0.492 e. The van der Waals surface area contributed by atoms with Gasteiger partial charge in [-0.25, -0.2) is 14.3 Å². The first kappa shape index (κ1) is 15.4. The van der Waals surface area contributed by atoms with Crippen molar-refractivity contribution in [1.82, 2.24) is 14.6 Å². The molecule has 0 saturated heterocycles. The van der Waals surface area contributed by atoms with Gasteiger partial charge in [0.25, 0.3) is 0 Å². The number of carbonyl (C=O) groups excluding carboxylic acids is 1. The number of pyridine rings is 1. The third-order valence-electron chi connectivity index (χ3n) is 4.00. The van der Waals surface area contributed by atoms with Crippen LogP contribution in [0.2, 0.25) is 0 Å². The number of amides is 2. The zero-order valence-corrected chi connectivity index (χ0v) is 13.9. The lowest BCUT2D eigenvalue weighted by atomic mass is 10.3. The Morgan fingerprint density at radius 2 is 1.96 bits per heavy atom. The summed E-state index contributed by atoms with van der Waals surface area (Å²) in [6.07, 6.45) is 4.10. The number of fused-ring (bicyclic) bond motifs is 1. The van der Waals surface area contributed by atoms with E-state index < -0.39 is 0 Å². The van der Waals surface area contributed by atoms with Gasteiger partial charge >= 0.3 is 6.03 Å². The van der Waals surface area contributed by atoms with Crippen LogP contribution < -0.4 is 15.4 Å². The van der Waals surface area contributed by atoms with Gasteiger partial charge in [-0.3, -0.25) is 0 Å². The van der Waals surface area contributed by atoms with E-state index in [1.54, 1.807) is 10.6 Å². The van der Waals surface area contributed by atoms with Crippen LogP contribution in [0, 0.1) is 0 Å². The highest BCUT2D eigenvalue weighted by Gasteiger charge is 2.28. The molecule has 25 heavy (non-hydrogen) atoms. The molecule has 0 aliphatic heterocycles. The molecule has 0 radical (unpaired) electrons. The summed E-state index contributed by atoms with van der Waals surface area (Å²) in [6, 6.07) is 10.6. The zero-order chi connectivity index (χ0) is 17.2. The van der Waals surface area contributed by atoms with Gasteiger partial charge in [0.15, 0.2) is 11.5 Å². The Morgan fingerprint density at radius 3 is 2.76 bits per heavy atom. The van der Waals surface area contributed by atoms with E-state index in [9.17, 15) is 4.79 Å². The van der Waals surface area contributed by atoms with Gasteiger partial charge in [0.1, 0.15) is 5.75 Å². The number of anilines is 2. The third-order valence-corrected chi connectivity index (χ3v) is 4.00. The van der Waals surface area contributed by atoms with Crippen molar-refractivity contribution in [1.29, 1.82) is 0 Å². The Balaban J connectivity index is 1.54. The lowest BCUT2D eigenvalue weighted by Crippen LogP contribution is -2.20. The minimum absolute atomic E-state index is 0.351. The van der Waals surface area contributed by atoms with E-state index in [4.69, 9.17) is 4.74 Å². The highest BCUT2D eigenvalue weighted by Crippen LogP contribution is 2.38. The first-order valence-electron chi connectivity index (χ1n) is 8.39. The lowest BCUT2D eigenvalue weighted by molar-refractivity contribution is 0.262. The van der Waals surface area contributed by atoms with Crippen molar-refractivity contribution >= 4 is 23.1 Å². The Kier molecular flexibility index (Phi) is 3.97. The summed E-state index contributed by atoms with van der Waals surface area (Å²) < 4.78 is 7.23. The van der Waals surface area contributed by atoms with E-state index in [2.05, 4.69) is 20.7 Å². The topological polar surface area (TPSA) is 80.5 Å². The molecule has 2 aromatic heterocycles. The molecular formula is C18H19N5O2. The maximum atomic E-state index is 12.4. The number of rotatable bonds is 5. The predicted molar refractivity (Wildman–Crippen MR) is 95.2 cm³/mol. The van der Waals surface area contributed by atoms with Crippen molar-refractivity contribution in [3.8, 4) is 5.75 Å². The van der Waals surface area contributed by atoms with Gasteiger partial charge in [-0.1, -0.05) is 12.1 Å². The molecule has 0 atom stereocenters. The number of nitrogens with one attached hydrogen (secondary N) is 2. The molecule has 2 amide bonds. The molecule has 1 aliphatic carbocycles. The molecule has 1 saturated carbocycles. The van der Waals surface area contributed by atoms with Crippen molar-refractivity contribution in [2.45, 2.75) is 25.7 Å². The van der Waals surface area contributed by atoms with Gasteiger partial charge in [0, 0.05) is 12.1 Å². The van der Waals surface area contributed by atoms with Crippen LogP contribution in [0.3, 0.4) is 0 Å². The van der Waals surface area contributed by atoms with Crippen LogP contribution in [0.1, 0.15) is 31.5 Å². The second-order valence-corrected chi connectivity index (χ2v) is 5.94. The Labute approximate surface area is 145 Å². The normalized spacial score (nSPS) is 13.6. The molecule has 1 aliphatic rings. The summed E-state index contributed by atoms with van der Waals surface area (Å²) in [7, 11) is 0. The minimum Gasteiger partial charge on any atom is -0.492 e. The molecule has 7 heteroatoms. The van der Waals surface area contributed by atoms with Crippen molar-refractivity contribution in [2.24, 2.45) is 0 Å². The first-order chi connectivity index (χ1) is 12.2. The average molecular weight is 337 g/mol. The van der Waals surface area contributed by atoms with E-state index >= 15 is 0 Å². The SMILES string of the molecule is CCOc1ccccc1NC(=O)Nc1cccn2nc(C3CC3)nc12. The van der Waals surface area contributed by atoms with Gasteiger partial charge in [0.05, 0.1) is 18.0 Å². The minimum atomic E-state index is -0.351. The molecule has 1 aromatic carbocycles. The van der Waals surface area contributed by atoms with E-state index in [0.29, 0.717) is 35.3 Å². The molecule has 3 aromatic rings. The summed E-state index contributed by atoms with van der Waals surface area (Å²) in [5.74, 6) is 1.94. The quantitative estimate of drug-likeness (QED) is 0.745. The maximum Gasteiger partial charge on any atom is 0.323 e. The second-order valence-electron chi connectivity index (χ2n) is 5.94. The number of aromatic nitrogens is 3. The van der Waals surface area contributed by atoms with Crippen LogP contribution >= 0.6 is 0 Å². The highest BCUT2D eigenvalue weighted by molar-refractivity contribution is 6.02. The summed E-state index contributed by atoms with van der Waals surface area (Å²) in [4.78, 5) is 17.0. The average Bonchev–Trinajstić information content (AvgIpc) is 3.36. The number of benzene rings is 1. The summed E-state index contributed by atoms with van der Waals surface area (Å²) in [6.45, 7) is 2.43. The molecule has 0 unspecified atom stereocenters. The van der Waals surface area contributed by atoms with Gasteiger partial charge < -0.3 is 15.4 Å². The van der Waals surface area contributed by atoms with Crippen molar-refractivity contribution in [3.63, 3.8) is 0 Å². The molecule has 1 fully saturated rings. The highest BCUT2D eigenvalue weighted by atomic mass is 16.5. The van der Waals surface area contributed by atoms with Gasteiger partial charge in [-0.05, 0) is 44.0 Å². The van der Waals surface area contributed by atoms with E-state index in [1.165, 1.54) is 0 Å². The van der Waals surface area contributed by atoms with Crippen LogP contribution in [0.5, 0.6) is 5.75 Å². The standard InChI is InChI=1S/C18H19N5O2/c1-2-25-15-8-4-3-6-13(15)19-18(24)20-14-7-5-11-23-17(14)21-16(22-23)12-9-10-12/h3-8,11-12H,2,9-10H2,1H3,(H2,19,20,24). The van der Waals surface area contributed by atoms with Crippen LogP contribution in [0.15, 0.2) is 42.6 Å². The number of carbonyl (C=O) groups is 1. The number of nitrogens with zero attached hydrogens (tertiary/aromatic N) is 3. The molecule has 128 valence electrons. The number of ether oxygens (including phenoxy) is 1. The van der Waals surface area contributed by atoms with Crippen molar-refractivity contribution < 1.29 is 9.53 Å². The maximum absolute atomic E-state index is 12.4. The van der Waals surface area contributed by atoms with E-state index in [1.807, 2.05) is 43.5 Å². The van der Waals surface area contributed by atoms with Gasteiger partial charge in [-0.2, -0.15) is 5.10 Å². The summed E-state index contributed by atoms with van der Waals surface area (Å²) >= 11 is 0. The van der Waals surface area contributed by atoms with Crippen LogP contribution in [-0.2, 0) is 0 Å². The second kappa shape index (κ2) is 6.43. The molecule has 2 N–H and O–H groups in total. The lowest BCUT2D eigenvalue weighted by Gasteiger charge is -2.12. The van der Waals surface area contributed by atoms with Crippen molar-refractivity contribution in [3.05, 3.63) is 48.4 Å². The molecule has 2 heterocycles. The first-order valence-corrected chi connectivity index (χ1v) is 8.39. The summed E-state index contributed by atoms with van der Waals surface area (Å²) in [5, 5.41) is 10.1.